The molecule has 1 heterocycles. The van der Waals surface area contributed by atoms with E-state index < -0.39 is 0 Å². The van der Waals surface area contributed by atoms with E-state index in [0.717, 1.165) is 18.9 Å². The number of rotatable bonds is 9. The molecule has 1 aliphatic rings. The highest BCUT2D eigenvalue weighted by atomic mass is 16.5. The standard InChI is InChI=1S/C13H22N4O2/c1-19-7-5-14-9-12-15-4-6-17(12)10-13(18)16-8-11-2-3-11/h4,6,11,14H,2-3,5,7-10H2,1H3,(H,16,18). The van der Waals surface area contributed by atoms with Crippen molar-refractivity contribution < 1.29 is 9.53 Å². The van der Waals surface area contributed by atoms with Crippen molar-refractivity contribution >= 4 is 5.91 Å². The van der Waals surface area contributed by atoms with Crippen LogP contribution in [0, 0.1) is 5.92 Å². The van der Waals surface area contributed by atoms with Crippen LogP contribution in [0.25, 0.3) is 0 Å². The van der Waals surface area contributed by atoms with Gasteiger partial charge in [0.2, 0.25) is 5.91 Å². The SMILES string of the molecule is COCCNCc1nccn1CC(=O)NCC1CC1. The number of nitrogens with zero attached hydrogens (tertiary/aromatic N) is 2. The number of imidazole rings is 1. The highest BCUT2D eigenvalue weighted by molar-refractivity contribution is 5.75. The Kier molecular flexibility index (Phi) is 5.35. The van der Waals surface area contributed by atoms with Gasteiger partial charge in [-0.3, -0.25) is 4.79 Å². The van der Waals surface area contributed by atoms with Gasteiger partial charge in [-0.05, 0) is 18.8 Å². The zero-order chi connectivity index (χ0) is 13.5. The Morgan fingerprint density at radius 3 is 3.16 bits per heavy atom. The predicted octanol–water partition coefficient (Wildman–Crippen LogP) is 0.145. The molecule has 0 radical (unpaired) electrons. The molecular weight excluding hydrogens is 244 g/mol. The fourth-order valence-corrected chi connectivity index (χ4v) is 1.82. The monoisotopic (exact) mass is 266 g/mol. The Morgan fingerprint density at radius 2 is 2.42 bits per heavy atom. The van der Waals surface area contributed by atoms with Gasteiger partial charge < -0.3 is 19.9 Å². The molecule has 1 aromatic heterocycles. The van der Waals surface area contributed by atoms with Gasteiger partial charge in [0.05, 0.1) is 13.2 Å². The van der Waals surface area contributed by atoms with E-state index in [-0.39, 0.29) is 5.91 Å². The Balaban J connectivity index is 1.72. The lowest BCUT2D eigenvalue weighted by atomic mass is 10.4. The lowest BCUT2D eigenvalue weighted by molar-refractivity contribution is -0.121. The smallest absolute Gasteiger partial charge is 0.239 e. The normalized spacial score (nSPS) is 14.6. The van der Waals surface area contributed by atoms with Crippen LogP contribution in [-0.2, 0) is 22.6 Å². The molecule has 1 aliphatic carbocycles. The van der Waals surface area contributed by atoms with Crippen molar-refractivity contribution in [3.63, 3.8) is 0 Å². The minimum Gasteiger partial charge on any atom is -0.383 e. The second-order valence-corrected chi connectivity index (χ2v) is 4.89. The lowest BCUT2D eigenvalue weighted by Gasteiger charge is -2.09. The zero-order valence-corrected chi connectivity index (χ0v) is 11.4. The molecule has 0 unspecified atom stereocenters. The summed E-state index contributed by atoms with van der Waals surface area (Å²) in [6, 6.07) is 0. The molecule has 1 saturated carbocycles. The topological polar surface area (TPSA) is 68.2 Å². The third-order valence-corrected chi connectivity index (χ3v) is 3.17. The van der Waals surface area contributed by atoms with Gasteiger partial charge in [-0.15, -0.1) is 0 Å². The minimum atomic E-state index is 0.0584. The molecule has 106 valence electrons. The molecule has 1 aromatic rings. The number of hydrogen-bond donors (Lipinski definition) is 2. The summed E-state index contributed by atoms with van der Waals surface area (Å²) in [5, 5.41) is 6.18. The molecule has 0 bridgehead atoms. The van der Waals surface area contributed by atoms with Gasteiger partial charge in [0.25, 0.3) is 0 Å². The molecule has 6 nitrogen and oxygen atoms in total. The fourth-order valence-electron chi connectivity index (χ4n) is 1.82. The maximum atomic E-state index is 11.8. The average molecular weight is 266 g/mol. The summed E-state index contributed by atoms with van der Waals surface area (Å²) >= 11 is 0. The van der Waals surface area contributed by atoms with E-state index in [1.165, 1.54) is 12.8 Å². The summed E-state index contributed by atoms with van der Waals surface area (Å²) in [5.41, 5.74) is 0. The van der Waals surface area contributed by atoms with Gasteiger partial charge in [0.15, 0.2) is 0 Å². The van der Waals surface area contributed by atoms with Gasteiger partial charge in [-0.2, -0.15) is 0 Å². The van der Waals surface area contributed by atoms with E-state index in [0.29, 0.717) is 25.6 Å². The van der Waals surface area contributed by atoms with E-state index in [2.05, 4.69) is 15.6 Å². The van der Waals surface area contributed by atoms with E-state index in [1.807, 2.05) is 10.8 Å². The second kappa shape index (κ2) is 7.25. The average Bonchev–Trinajstić information content (AvgIpc) is 3.14. The number of aromatic nitrogens is 2. The van der Waals surface area contributed by atoms with Crippen molar-refractivity contribution in [1.29, 1.82) is 0 Å². The third-order valence-electron chi connectivity index (χ3n) is 3.17. The van der Waals surface area contributed by atoms with Crippen molar-refractivity contribution in [2.45, 2.75) is 25.9 Å². The van der Waals surface area contributed by atoms with Crippen LogP contribution < -0.4 is 10.6 Å². The number of amides is 1. The summed E-state index contributed by atoms with van der Waals surface area (Å²) < 4.78 is 6.84. The fraction of sp³-hybridized carbons (Fsp3) is 0.692. The van der Waals surface area contributed by atoms with E-state index in [4.69, 9.17) is 4.74 Å². The first-order chi connectivity index (χ1) is 9.29. The van der Waals surface area contributed by atoms with Crippen molar-refractivity contribution in [2.24, 2.45) is 5.92 Å². The van der Waals surface area contributed by atoms with Crippen molar-refractivity contribution in [2.75, 3.05) is 26.8 Å². The molecule has 0 saturated heterocycles. The maximum Gasteiger partial charge on any atom is 0.239 e. The molecule has 1 fully saturated rings. The highest BCUT2D eigenvalue weighted by Gasteiger charge is 2.21. The Bertz CT molecular complexity index is 401. The lowest BCUT2D eigenvalue weighted by Crippen LogP contribution is -2.30. The molecule has 6 heteroatoms. The molecule has 2 N–H and O–H groups in total. The first kappa shape index (κ1) is 14.0. The molecule has 0 spiro atoms. The Hall–Kier alpha value is -1.40. The molecule has 19 heavy (non-hydrogen) atoms. The largest absolute Gasteiger partial charge is 0.383 e. The van der Waals surface area contributed by atoms with Crippen molar-refractivity contribution in [3.05, 3.63) is 18.2 Å². The number of carbonyl (C=O) groups excluding carboxylic acids is 1. The first-order valence-electron chi connectivity index (χ1n) is 6.76. The van der Waals surface area contributed by atoms with Crippen LogP contribution in [-0.4, -0.2) is 42.3 Å². The van der Waals surface area contributed by atoms with Gasteiger partial charge >= 0.3 is 0 Å². The molecule has 1 amide bonds. The van der Waals surface area contributed by atoms with Crippen LogP contribution in [0.5, 0.6) is 0 Å². The van der Waals surface area contributed by atoms with Crippen LogP contribution in [0.15, 0.2) is 12.4 Å². The Morgan fingerprint density at radius 1 is 1.58 bits per heavy atom. The third kappa shape index (κ3) is 5.00. The van der Waals surface area contributed by atoms with Gasteiger partial charge in [0, 0.05) is 32.6 Å². The second-order valence-electron chi connectivity index (χ2n) is 4.89. The molecule has 2 rings (SSSR count). The van der Waals surface area contributed by atoms with Gasteiger partial charge in [-0.25, -0.2) is 4.98 Å². The van der Waals surface area contributed by atoms with Gasteiger partial charge in [0.1, 0.15) is 12.4 Å². The quantitative estimate of drug-likeness (QED) is 0.624. The maximum absolute atomic E-state index is 11.8. The van der Waals surface area contributed by atoms with Gasteiger partial charge in [-0.1, -0.05) is 0 Å². The van der Waals surface area contributed by atoms with Crippen LogP contribution in [0.1, 0.15) is 18.7 Å². The summed E-state index contributed by atoms with van der Waals surface area (Å²) in [5.74, 6) is 1.64. The molecule has 0 aliphatic heterocycles. The summed E-state index contributed by atoms with van der Waals surface area (Å²) in [6.45, 7) is 3.25. The summed E-state index contributed by atoms with van der Waals surface area (Å²) in [7, 11) is 1.67. The van der Waals surface area contributed by atoms with Crippen molar-refractivity contribution in [1.82, 2.24) is 20.2 Å². The van der Waals surface area contributed by atoms with Crippen LogP contribution in [0.3, 0.4) is 0 Å². The van der Waals surface area contributed by atoms with Crippen LogP contribution in [0.2, 0.25) is 0 Å². The molecular formula is C13H22N4O2. The number of ether oxygens (including phenoxy) is 1. The van der Waals surface area contributed by atoms with E-state index in [9.17, 15) is 4.79 Å². The number of carbonyl (C=O) groups is 1. The molecule has 0 aromatic carbocycles. The van der Waals surface area contributed by atoms with Crippen molar-refractivity contribution in [3.8, 4) is 0 Å². The van der Waals surface area contributed by atoms with E-state index in [1.54, 1.807) is 13.3 Å². The van der Waals surface area contributed by atoms with Crippen LogP contribution >= 0.6 is 0 Å². The summed E-state index contributed by atoms with van der Waals surface area (Å²) in [4.78, 5) is 16.0. The summed E-state index contributed by atoms with van der Waals surface area (Å²) in [6.07, 6.45) is 6.06. The van der Waals surface area contributed by atoms with Crippen LogP contribution in [0.4, 0.5) is 0 Å². The zero-order valence-electron chi connectivity index (χ0n) is 11.4. The number of nitrogens with one attached hydrogen (secondary N) is 2. The number of hydrogen-bond acceptors (Lipinski definition) is 4. The minimum absolute atomic E-state index is 0.0584. The first-order valence-corrected chi connectivity index (χ1v) is 6.76. The van der Waals surface area contributed by atoms with E-state index >= 15 is 0 Å². The molecule has 0 atom stereocenters. The predicted molar refractivity (Wildman–Crippen MR) is 71.5 cm³/mol. The Labute approximate surface area is 113 Å². The number of methoxy groups -OCH3 is 1. The highest BCUT2D eigenvalue weighted by Crippen LogP contribution is 2.27.